The van der Waals surface area contributed by atoms with Crippen LogP contribution in [-0.4, -0.2) is 27.3 Å². The minimum Gasteiger partial charge on any atom is -0.298 e. The lowest BCUT2D eigenvalue weighted by Gasteiger charge is -2.06. The van der Waals surface area contributed by atoms with Gasteiger partial charge >= 0.3 is 0 Å². The highest BCUT2D eigenvalue weighted by atomic mass is 32.2. The molecule has 0 amide bonds. The van der Waals surface area contributed by atoms with Crippen molar-refractivity contribution in [2.24, 2.45) is 0 Å². The second-order valence-electron chi connectivity index (χ2n) is 5.37. The maximum absolute atomic E-state index is 11.0. The number of carbonyl (C=O) groups excluding carboxylic acids is 1. The average molecular weight is 311 g/mol. The van der Waals surface area contributed by atoms with Crippen molar-refractivity contribution in [1.29, 1.82) is 0 Å². The van der Waals surface area contributed by atoms with Crippen LogP contribution in [0.3, 0.4) is 0 Å². The summed E-state index contributed by atoms with van der Waals surface area (Å²) in [6.07, 6.45) is 4.47. The van der Waals surface area contributed by atoms with Crippen molar-refractivity contribution in [3.05, 3.63) is 42.1 Å². The molecular weight excluding hydrogens is 294 g/mol. The van der Waals surface area contributed by atoms with Gasteiger partial charge in [0.25, 0.3) is 0 Å². The van der Waals surface area contributed by atoms with E-state index in [1.165, 1.54) is 4.90 Å². The second-order valence-corrected chi connectivity index (χ2v) is 6.25. The third-order valence-electron chi connectivity index (χ3n) is 3.54. The Morgan fingerprint density at radius 1 is 1.27 bits per heavy atom. The fourth-order valence-corrected chi connectivity index (χ4v) is 2.92. The Morgan fingerprint density at radius 3 is 2.77 bits per heavy atom. The molecule has 0 radical (unpaired) electrons. The lowest BCUT2D eigenvalue weighted by molar-refractivity contribution is 0.112. The van der Waals surface area contributed by atoms with Crippen molar-refractivity contribution in [2.45, 2.75) is 24.8 Å². The second kappa shape index (κ2) is 5.93. The van der Waals surface area contributed by atoms with E-state index in [0.717, 1.165) is 28.6 Å². The summed E-state index contributed by atoms with van der Waals surface area (Å²) in [6.45, 7) is 4.14. The molecule has 1 aromatic carbocycles. The Balaban J connectivity index is 2.27. The molecule has 3 aromatic rings. The zero-order valence-corrected chi connectivity index (χ0v) is 13.6. The van der Waals surface area contributed by atoms with E-state index in [4.69, 9.17) is 5.10 Å². The van der Waals surface area contributed by atoms with Crippen molar-refractivity contribution < 1.29 is 4.79 Å². The predicted octanol–water partition coefficient (Wildman–Crippen LogP) is 4.21. The number of carbonyl (C=O) groups is 1. The summed E-state index contributed by atoms with van der Waals surface area (Å²) in [5.41, 5.74) is 4.19. The molecule has 22 heavy (non-hydrogen) atoms. The van der Waals surface area contributed by atoms with E-state index in [1.54, 1.807) is 18.0 Å². The fourth-order valence-electron chi connectivity index (χ4n) is 2.46. The molecule has 0 saturated heterocycles. The maximum Gasteiger partial charge on any atom is 0.151 e. The van der Waals surface area contributed by atoms with Crippen LogP contribution in [0.5, 0.6) is 0 Å². The number of pyridine rings is 1. The van der Waals surface area contributed by atoms with Crippen molar-refractivity contribution in [3.8, 4) is 11.3 Å². The molecule has 4 nitrogen and oxygen atoms in total. The molecule has 0 unspecified atom stereocenters. The molecule has 0 N–H and O–H groups in total. The van der Waals surface area contributed by atoms with Gasteiger partial charge in [0.1, 0.15) is 11.2 Å². The first kappa shape index (κ1) is 14.8. The first-order valence-electron chi connectivity index (χ1n) is 7.12. The summed E-state index contributed by atoms with van der Waals surface area (Å²) in [4.78, 5) is 16.7. The molecule has 5 heteroatoms. The number of thioether (sulfide) groups is 1. The van der Waals surface area contributed by atoms with E-state index in [-0.39, 0.29) is 6.04 Å². The number of aromatic nitrogens is 3. The zero-order valence-electron chi connectivity index (χ0n) is 12.8. The number of hydrogen-bond donors (Lipinski definition) is 0. The SMILES string of the molecule is CSc1cccc(-c2nn(C(C)C)c3cc(C=O)cnc23)c1. The standard InChI is InChI=1S/C17H17N3OS/c1-11(2)20-15-7-12(10-21)9-18-17(15)16(19-20)13-5-4-6-14(8-13)22-3/h4-11H,1-3H3. The molecule has 0 saturated carbocycles. The summed E-state index contributed by atoms with van der Waals surface area (Å²) in [5.74, 6) is 0. The van der Waals surface area contributed by atoms with Crippen molar-refractivity contribution >= 4 is 29.1 Å². The topological polar surface area (TPSA) is 47.8 Å². The summed E-state index contributed by atoms with van der Waals surface area (Å²) in [6, 6.07) is 10.3. The van der Waals surface area contributed by atoms with E-state index in [2.05, 4.69) is 37.2 Å². The fraction of sp³-hybridized carbons (Fsp3) is 0.235. The quantitative estimate of drug-likeness (QED) is 0.535. The van der Waals surface area contributed by atoms with E-state index in [0.29, 0.717) is 5.56 Å². The first-order valence-corrected chi connectivity index (χ1v) is 8.34. The van der Waals surface area contributed by atoms with Gasteiger partial charge in [-0.1, -0.05) is 12.1 Å². The van der Waals surface area contributed by atoms with Gasteiger partial charge in [-0.3, -0.25) is 14.5 Å². The molecule has 0 bridgehead atoms. The van der Waals surface area contributed by atoms with E-state index < -0.39 is 0 Å². The van der Waals surface area contributed by atoms with Gasteiger partial charge in [-0.2, -0.15) is 5.10 Å². The molecule has 0 atom stereocenters. The molecule has 0 fully saturated rings. The number of nitrogens with zero attached hydrogens (tertiary/aromatic N) is 3. The Labute approximate surface area is 133 Å². The van der Waals surface area contributed by atoms with Crippen LogP contribution < -0.4 is 0 Å². The number of fused-ring (bicyclic) bond motifs is 1. The monoisotopic (exact) mass is 311 g/mol. The highest BCUT2D eigenvalue weighted by molar-refractivity contribution is 7.98. The Kier molecular flexibility index (Phi) is 3.98. The van der Waals surface area contributed by atoms with Gasteiger partial charge in [-0.15, -0.1) is 11.8 Å². The Morgan fingerprint density at radius 2 is 2.09 bits per heavy atom. The van der Waals surface area contributed by atoms with Crippen LogP contribution in [0.1, 0.15) is 30.2 Å². The van der Waals surface area contributed by atoms with Gasteiger partial charge in [-0.05, 0) is 38.3 Å². The highest BCUT2D eigenvalue weighted by Crippen LogP contribution is 2.30. The van der Waals surface area contributed by atoms with Crippen LogP contribution in [0, 0.1) is 0 Å². The molecule has 0 aliphatic carbocycles. The molecule has 0 aliphatic heterocycles. The minimum atomic E-state index is 0.198. The smallest absolute Gasteiger partial charge is 0.151 e. The van der Waals surface area contributed by atoms with Crippen LogP contribution in [0.2, 0.25) is 0 Å². The summed E-state index contributed by atoms with van der Waals surface area (Å²) < 4.78 is 1.93. The molecule has 2 aromatic heterocycles. The summed E-state index contributed by atoms with van der Waals surface area (Å²) in [5, 5.41) is 4.74. The van der Waals surface area contributed by atoms with Crippen LogP contribution in [0.4, 0.5) is 0 Å². The van der Waals surface area contributed by atoms with Crippen LogP contribution in [0.15, 0.2) is 41.4 Å². The maximum atomic E-state index is 11.0. The summed E-state index contributed by atoms with van der Waals surface area (Å²) in [7, 11) is 0. The summed E-state index contributed by atoms with van der Waals surface area (Å²) >= 11 is 1.70. The van der Waals surface area contributed by atoms with Crippen molar-refractivity contribution in [2.75, 3.05) is 6.26 Å². The van der Waals surface area contributed by atoms with E-state index in [1.807, 2.05) is 22.9 Å². The highest BCUT2D eigenvalue weighted by Gasteiger charge is 2.16. The van der Waals surface area contributed by atoms with E-state index >= 15 is 0 Å². The van der Waals surface area contributed by atoms with Crippen LogP contribution in [-0.2, 0) is 0 Å². The van der Waals surface area contributed by atoms with Gasteiger partial charge in [-0.25, -0.2) is 0 Å². The van der Waals surface area contributed by atoms with E-state index in [9.17, 15) is 4.79 Å². The average Bonchev–Trinajstić information content (AvgIpc) is 2.93. The number of benzene rings is 1. The zero-order chi connectivity index (χ0) is 15.7. The van der Waals surface area contributed by atoms with Gasteiger partial charge in [0.15, 0.2) is 6.29 Å². The number of rotatable bonds is 4. The lowest BCUT2D eigenvalue weighted by atomic mass is 10.1. The van der Waals surface area contributed by atoms with Crippen LogP contribution >= 0.6 is 11.8 Å². The predicted molar refractivity (Wildman–Crippen MR) is 90.5 cm³/mol. The molecule has 112 valence electrons. The molecule has 0 aliphatic rings. The molecule has 2 heterocycles. The third-order valence-corrected chi connectivity index (χ3v) is 4.26. The van der Waals surface area contributed by atoms with Crippen molar-refractivity contribution in [1.82, 2.24) is 14.8 Å². The Hall–Kier alpha value is -2.14. The number of hydrogen-bond acceptors (Lipinski definition) is 4. The van der Waals surface area contributed by atoms with Gasteiger partial charge in [0.05, 0.1) is 5.52 Å². The minimum absolute atomic E-state index is 0.198. The first-order chi connectivity index (χ1) is 10.6. The molecule has 0 spiro atoms. The van der Waals surface area contributed by atoms with Gasteiger partial charge in [0.2, 0.25) is 0 Å². The Bertz CT molecular complexity index is 839. The molecule has 3 rings (SSSR count). The van der Waals surface area contributed by atoms with Crippen molar-refractivity contribution in [3.63, 3.8) is 0 Å². The largest absolute Gasteiger partial charge is 0.298 e. The van der Waals surface area contributed by atoms with Gasteiger partial charge in [0, 0.05) is 28.3 Å². The molecular formula is C17H17N3OS. The third kappa shape index (κ3) is 2.52. The lowest BCUT2D eigenvalue weighted by Crippen LogP contribution is -2.02. The van der Waals surface area contributed by atoms with Crippen LogP contribution in [0.25, 0.3) is 22.3 Å². The number of aldehydes is 1. The normalized spacial score (nSPS) is 11.3. The van der Waals surface area contributed by atoms with Gasteiger partial charge < -0.3 is 0 Å².